The average Bonchev–Trinajstić information content (AvgIpc) is 2.40. The maximum Gasteiger partial charge on any atom is 0.234 e. The summed E-state index contributed by atoms with van der Waals surface area (Å²) in [4.78, 5) is 13.7. The molecule has 0 aromatic heterocycles. The molecule has 0 radical (unpaired) electrons. The van der Waals surface area contributed by atoms with Gasteiger partial charge in [0.2, 0.25) is 5.91 Å². The van der Waals surface area contributed by atoms with Crippen LogP contribution in [-0.2, 0) is 11.3 Å². The molecular formula is C14H23N3O2. The van der Waals surface area contributed by atoms with Crippen molar-refractivity contribution in [1.29, 1.82) is 0 Å². The number of methoxy groups -OCH3 is 1. The van der Waals surface area contributed by atoms with E-state index in [-0.39, 0.29) is 5.91 Å². The first-order valence-electron chi connectivity index (χ1n) is 6.52. The minimum absolute atomic E-state index is 0.0405. The molecule has 0 atom stereocenters. The highest BCUT2D eigenvalue weighted by Gasteiger charge is 2.12. The van der Waals surface area contributed by atoms with E-state index in [2.05, 4.69) is 10.2 Å². The van der Waals surface area contributed by atoms with Gasteiger partial charge >= 0.3 is 0 Å². The number of ether oxygens (including phenoxy) is 1. The van der Waals surface area contributed by atoms with Gasteiger partial charge < -0.3 is 15.8 Å². The van der Waals surface area contributed by atoms with E-state index in [0.29, 0.717) is 25.3 Å². The van der Waals surface area contributed by atoms with Gasteiger partial charge in [-0.25, -0.2) is 0 Å². The molecule has 3 N–H and O–H groups in total. The van der Waals surface area contributed by atoms with Crippen LogP contribution >= 0.6 is 0 Å². The molecular weight excluding hydrogens is 242 g/mol. The first-order chi connectivity index (χ1) is 9.10. The van der Waals surface area contributed by atoms with E-state index < -0.39 is 0 Å². The van der Waals surface area contributed by atoms with Crippen molar-refractivity contribution in [1.82, 2.24) is 10.2 Å². The van der Waals surface area contributed by atoms with E-state index in [4.69, 9.17) is 10.5 Å². The SMILES string of the molecule is CCNC(=O)CN(CC)Cc1ccc(N)cc1OC. The molecule has 106 valence electrons. The summed E-state index contributed by atoms with van der Waals surface area (Å²) in [6, 6.07) is 5.58. The molecule has 0 bridgehead atoms. The lowest BCUT2D eigenvalue weighted by atomic mass is 10.1. The zero-order valence-electron chi connectivity index (χ0n) is 11.9. The van der Waals surface area contributed by atoms with Crippen molar-refractivity contribution < 1.29 is 9.53 Å². The predicted molar refractivity (Wildman–Crippen MR) is 77.0 cm³/mol. The number of likely N-dealkylation sites (N-methyl/N-ethyl adjacent to an activating group) is 2. The number of carbonyl (C=O) groups is 1. The third kappa shape index (κ3) is 4.79. The lowest BCUT2D eigenvalue weighted by Gasteiger charge is -2.21. The maximum atomic E-state index is 11.6. The molecule has 5 heteroatoms. The molecule has 5 nitrogen and oxygen atoms in total. The van der Waals surface area contributed by atoms with Gasteiger partial charge in [0.05, 0.1) is 13.7 Å². The normalized spacial score (nSPS) is 10.5. The van der Waals surface area contributed by atoms with Crippen LogP contribution in [-0.4, -0.2) is 37.6 Å². The summed E-state index contributed by atoms with van der Waals surface area (Å²) in [6.45, 7) is 6.45. The van der Waals surface area contributed by atoms with Gasteiger partial charge in [0.25, 0.3) is 0 Å². The summed E-state index contributed by atoms with van der Waals surface area (Å²) >= 11 is 0. The van der Waals surface area contributed by atoms with Crippen molar-refractivity contribution in [2.24, 2.45) is 0 Å². The number of hydrogen-bond acceptors (Lipinski definition) is 4. The van der Waals surface area contributed by atoms with Crippen LogP contribution < -0.4 is 15.8 Å². The lowest BCUT2D eigenvalue weighted by molar-refractivity contribution is -0.122. The highest BCUT2D eigenvalue weighted by molar-refractivity contribution is 5.77. The van der Waals surface area contributed by atoms with Crippen LogP contribution in [0.2, 0.25) is 0 Å². The molecule has 1 rings (SSSR count). The third-order valence-electron chi connectivity index (χ3n) is 2.89. The van der Waals surface area contributed by atoms with Gasteiger partial charge in [0.1, 0.15) is 5.75 Å². The summed E-state index contributed by atoms with van der Waals surface area (Å²) in [7, 11) is 1.62. The second-order valence-electron chi connectivity index (χ2n) is 4.33. The van der Waals surface area contributed by atoms with Crippen LogP contribution in [0.3, 0.4) is 0 Å². The van der Waals surface area contributed by atoms with Crippen LogP contribution in [0.25, 0.3) is 0 Å². The molecule has 0 unspecified atom stereocenters. The van der Waals surface area contributed by atoms with Crippen molar-refractivity contribution in [3.63, 3.8) is 0 Å². The summed E-state index contributed by atoms with van der Waals surface area (Å²) in [5.41, 5.74) is 7.43. The van der Waals surface area contributed by atoms with Gasteiger partial charge in [-0.05, 0) is 19.5 Å². The topological polar surface area (TPSA) is 67.6 Å². The fraction of sp³-hybridized carbons (Fsp3) is 0.500. The predicted octanol–water partition coefficient (Wildman–Crippen LogP) is 1.24. The van der Waals surface area contributed by atoms with Gasteiger partial charge in [0.15, 0.2) is 0 Å². The Bertz CT molecular complexity index is 421. The van der Waals surface area contributed by atoms with Gasteiger partial charge in [-0.2, -0.15) is 0 Å². The number of nitrogens with zero attached hydrogens (tertiary/aromatic N) is 1. The van der Waals surface area contributed by atoms with Crippen molar-refractivity contribution >= 4 is 11.6 Å². The molecule has 19 heavy (non-hydrogen) atoms. The van der Waals surface area contributed by atoms with E-state index in [1.807, 2.05) is 26.0 Å². The number of amides is 1. The molecule has 0 aliphatic heterocycles. The fourth-order valence-electron chi connectivity index (χ4n) is 1.87. The number of carbonyl (C=O) groups excluding carboxylic acids is 1. The highest BCUT2D eigenvalue weighted by atomic mass is 16.5. The number of nitrogens with one attached hydrogen (secondary N) is 1. The Balaban J connectivity index is 2.72. The van der Waals surface area contributed by atoms with Crippen molar-refractivity contribution in [2.45, 2.75) is 20.4 Å². The number of anilines is 1. The summed E-state index contributed by atoms with van der Waals surface area (Å²) in [5, 5.41) is 2.80. The smallest absolute Gasteiger partial charge is 0.234 e. The number of nitrogens with two attached hydrogens (primary N) is 1. The van der Waals surface area contributed by atoms with Crippen LogP contribution in [0.5, 0.6) is 5.75 Å². The van der Waals surface area contributed by atoms with Gasteiger partial charge in [-0.3, -0.25) is 9.69 Å². The van der Waals surface area contributed by atoms with Gasteiger partial charge in [-0.15, -0.1) is 0 Å². The van der Waals surface area contributed by atoms with E-state index in [9.17, 15) is 4.79 Å². The maximum absolute atomic E-state index is 11.6. The third-order valence-corrected chi connectivity index (χ3v) is 2.89. The number of nitrogen functional groups attached to an aromatic ring is 1. The largest absolute Gasteiger partial charge is 0.496 e. The van der Waals surface area contributed by atoms with Crippen LogP contribution in [0.1, 0.15) is 19.4 Å². The Morgan fingerprint density at radius 1 is 1.42 bits per heavy atom. The summed E-state index contributed by atoms with van der Waals surface area (Å²) < 4.78 is 5.32. The van der Waals surface area contributed by atoms with E-state index in [0.717, 1.165) is 17.9 Å². The Labute approximate surface area is 114 Å². The zero-order chi connectivity index (χ0) is 14.3. The lowest BCUT2D eigenvalue weighted by Crippen LogP contribution is -2.36. The van der Waals surface area contributed by atoms with E-state index in [1.165, 1.54) is 0 Å². The fourth-order valence-corrected chi connectivity index (χ4v) is 1.87. The Hall–Kier alpha value is -1.75. The number of rotatable bonds is 7. The minimum Gasteiger partial charge on any atom is -0.496 e. The molecule has 0 saturated carbocycles. The monoisotopic (exact) mass is 265 g/mol. The Kier molecular flexibility index (Phi) is 6.15. The van der Waals surface area contributed by atoms with Crippen molar-refractivity contribution in [3.05, 3.63) is 23.8 Å². The minimum atomic E-state index is 0.0405. The first-order valence-corrected chi connectivity index (χ1v) is 6.52. The van der Waals surface area contributed by atoms with E-state index in [1.54, 1.807) is 13.2 Å². The molecule has 0 spiro atoms. The van der Waals surface area contributed by atoms with E-state index >= 15 is 0 Å². The van der Waals surface area contributed by atoms with Crippen LogP contribution in [0, 0.1) is 0 Å². The molecule has 0 aliphatic carbocycles. The van der Waals surface area contributed by atoms with Crippen LogP contribution in [0.4, 0.5) is 5.69 Å². The quantitative estimate of drug-likeness (QED) is 0.728. The Morgan fingerprint density at radius 3 is 2.74 bits per heavy atom. The molecule has 1 amide bonds. The zero-order valence-corrected chi connectivity index (χ0v) is 11.9. The van der Waals surface area contributed by atoms with Gasteiger partial charge in [0, 0.05) is 30.4 Å². The molecule has 0 fully saturated rings. The summed E-state index contributed by atoms with van der Waals surface area (Å²) in [5.74, 6) is 0.799. The molecule has 0 saturated heterocycles. The second-order valence-corrected chi connectivity index (χ2v) is 4.33. The van der Waals surface area contributed by atoms with Crippen molar-refractivity contribution in [2.75, 3.05) is 32.5 Å². The molecule has 0 aliphatic rings. The average molecular weight is 265 g/mol. The molecule has 1 aromatic carbocycles. The van der Waals surface area contributed by atoms with Crippen LogP contribution in [0.15, 0.2) is 18.2 Å². The second kappa shape index (κ2) is 7.63. The molecule has 1 aromatic rings. The summed E-state index contributed by atoms with van der Waals surface area (Å²) in [6.07, 6.45) is 0. The molecule has 0 heterocycles. The Morgan fingerprint density at radius 2 is 2.16 bits per heavy atom. The van der Waals surface area contributed by atoms with Gasteiger partial charge in [-0.1, -0.05) is 13.0 Å². The highest BCUT2D eigenvalue weighted by Crippen LogP contribution is 2.22. The number of hydrogen-bond donors (Lipinski definition) is 2. The standard InChI is InChI=1S/C14H23N3O2/c1-4-16-14(18)10-17(5-2)9-11-6-7-12(15)8-13(11)19-3/h6-8H,4-5,9-10,15H2,1-3H3,(H,16,18). The first kappa shape index (κ1) is 15.3. The number of benzene rings is 1. The van der Waals surface area contributed by atoms with Crippen molar-refractivity contribution in [3.8, 4) is 5.75 Å².